The summed E-state index contributed by atoms with van der Waals surface area (Å²) in [6, 6.07) is 9.63. The Kier molecular flexibility index (Phi) is 6.11. The Morgan fingerprint density at radius 1 is 1.18 bits per heavy atom. The maximum atomic E-state index is 13.0. The molecular weight excluding hydrogens is 453 g/mol. The highest BCUT2D eigenvalue weighted by molar-refractivity contribution is 7.18. The van der Waals surface area contributed by atoms with Gasteiger partial charge >= 0.3 is 6.18 Å². The minimum Gasteiger partial charge on any atom is -0.353 e. The molecule has 3 aromatic rings. The first-order valence-electron chi connectivity index (χ1n) is 10.2. The molecule has 0 fully saturated rings. The molecule has 2 atom stereocenters. The quantitative estimate of drug-likeness (QED) is 0.470. The topological polar surface area (TPSA) is 83.1 Å². The highest BCUT2D eigenvalue weighted by Crippen LogP contribution is 2.36. The molecular formula is C23H21F3N4O2S. The molecule has 1 aliphatic heterocycles. The molecule has 1 aromatic heterocycles. The molecule has 172 valence electrons. The average molecular weight is 475 g/mol. The summed E-state index contributed by atoms with van der Waals surface area (Å²) in [6.07, 6.45) is -2.39. The van der Waals surface area contributed by atoms with E-state index in [0.29, 0.717) is 17.1 Å². The number of hydrogen-bond acceptors (Lipinski definition) is 5. The average Bonchev–Trinajstić information content (AvgIpc) is 3.35. The number of rotatable bonds is 6. The summed E-state index contributed by atoms with van der Waals surface area (Å²) < 4.78 is 38.9. The Morgan fingerprint density at radius 3 is 2.58 bits per heavy atom. The third-order valence-electron chi connectivity index (χ3n) is 5.33. The van der Waals surface area contributed by atoms with Crippen LogP contribution in [0.4, 0.5) is 24.0 Å². The van der Waals surface area contributed by atoms with Gasteiger partial charge in [0.25, 0.3) is 0 Å². The zero-order valence-corrected chi connectivity index (χ0v) is 18.6. The van der Waals surface area contributed by atoms with Gasteiger partial charge in [0, 0.05) is 18.8 Å². The van der Waals surface area contributed by atoms with Crippen LogP contribution in [-0.2, 0) is 22.2 Å². The maximum absolute atomic E-state index is 13.0. The number of halogens is 3. The molecule has 1 unspecified atom stereocenters. The number of anilines is 2. The lowest BCUT2D eigenvalue weighted by Gasteiger charge is -2.26. The Morgan fingerprint density at radius 2 is 1.91 bits per heavy atom. The van der Waals surface area contributed by atoms with E-state index in [1.54, 1.807) is 13.1 Å². The molecule has 2 amide bonds. The van der Waals surface area contributed by atoms with Gasteiger partial charge in [0.05, 0.1) is 28.9 Å². The van der Waals surface area contributed by atoms with E-state index in [1.807, 2.05) is 18.2 Å². The molecule has 2 heterocycles. The van der Waals surface area contributed by atoms with Gasteiger partial charge in [0.1, 0.15) is 0 Å². The monoisotopic (exact) mass is 474 g/mol. The van der Waals surface area contributed by atoms with E-state index in [2.05, 4.69) is 20.9 Å². The second-order valence-corrected chi connectivity index (χ2v) is 8.89. The van der Waals surface area contributed by atoms with Crippen molar-refractivity contribution in [2.24, 2.45) is 0 Å². The zero-order valence-electron chi connectivity index (χ0n) is 17.8. The number of alkyl halides is 3. The van der Waals surface area contributed by atoms with E-state index in [0.717, 1.165) is 33.8 Å². The lowest BCUT2D eigenvalue weighted by molar-refractivity contribution is -0.137. The molecule has 0 radical (unpaired) electrons. The molecule has 0 saturated carbocycles. The molecule has 0 spiro atoms. The molecule has 33 heavy (non-hydrogen) atoms. The molecule has 3 N–H and O–H groups in total. The van der Waals surface area contributed by atoms with Crippen LogP contribution in [0.1, 0.15) is 36.6 Å². The molecule has 0 bridgehead atoms. The van der Waals surface area contributed by atoms with Crippen LogP contribution in [0.25, 0.3) is 10.4 Å². The van der Waals surface area contributed by atoms with Crippen molar-refractivity contribution in [3.8, 4) is 10.4 Å². The van der Waals surface area contributed by atoms with Gasteiger partial charge in [-0.05, 0) is 47.9 Å². The highest BCUT2D eigenvalue weighted by Gasteiger charge is 2.31. The van der Waals surface area contributed by atoms with Gasteiger partial charge in [-0.15, -0.1) is 0 Å². The third-order valence-corrected chi connectivity index (χ3v) is 6.31. The van der Waals surface area contributed by atoms with Crippen LogP contribution in [-0.4, -0.2) is 22.8 Å². The smallest absolute Gasteiger partial charge is 0.353 e. The number of aromatic nitrogens is 1. The van der Waals surface area contributed by atoms with Gasteiger partial charge in [-0.3, -0.25) is 9.59 Å². The van der Waals surface area contributed by atoms with E-state index < -0.39 is 23.8 Å². The van der Waals surface area contributed by atoms with Gasteiger partial charge in [-0.25, -0.2) is 4.98 Å². The number of benzene rings is 2. The van der Waals surface area contributed by atoms with Crippen LogP contribution in [0.2, 0.25) is 0 Å². The van der Waals surface area contributed by atoms with Crippen molar-refractivity contribution in [3.05, 3.63) is 65.4 Å². The summed E-state index contributed by atoms with van der Waals surface area (Å²) in [7, 11) is 0. The molecule has 1 aliphatic rings. The summed E-state index contributed by atoms with van der Waals surface area (Å²) in [4.78, 5) is 28.5. The van der Waals surface area contributed by atoms with Gasteiger partial charge in [-0.2, -0.15) is 13.2 Å². The van der Waals surface area contributed by atoms with Crippen molar-refractivity contribution >= 4 is 34.0 Å². The van der Waals surface area contributed by atoms with Crippen molar-refractivity contribution < 1.29 is 22.8 Å². The number of fused-ring (bicyclic) bond motifs is 1. The summed E-state index contributed by atoms with van der Waals surface area (Å²) >= 11 is 1.38. The molecule has 0 aliphatic carbocycles. The summed E-state index contributed by atoms with van der Waals surface area (Å²) in [6.45, 7) is 3.16. The summed E-state index contributed by atoms with van der Waals surface area (Å²) in [5, 5.41) is 9.40. The largest absolute Gasteiger partial charge is 0.416 e. The van der Waals surface area contributed by atoms with E-state index in [-0.39, 0.29) is 11.8 Å². The number of nitrogens with one attached hydrogen (secondary N) is 3. The molecule has 0 saturated heterocycles. The molecule has 2 aromatic carbocycles. The Labute approximate surface area is 192 Å². The number of amides is 2. The minimum absolute atomic E-state index is 0.0415. The molecule has 10 heteroatoms. The fraction of sp³-hybridized carbons (Fsp3) is 0.261. The number of carbonyl (C=O) groups is 2. The van der Waals surface area contributed by atoms with Gasteiger partial charge < -0.3 is 16.0 Å². The van der Waals surface area contributed by atoms with Crippen molar-refractivity contribution in [3.63, 3.8) is 0 Å². The van der Waals surface area contributed by atoms with Crippen molar-refractivity contribution in [2.45, 2.75) is 38.5 Å². The fourth-order valence-corrected chi connectivity index (χ4v) is 4.62. The number of carbonyl (C=O) groups excluding carboxylic acids is 2. The molecule has 4 rings (SSSR count). The van der Waals surface area contributed by atoms with Crippen molar-refractivity contribution in [1.82, 2.24) is 10.3 Å². The number of nitrogens with zero attached hydrogens (tertiary/aromatic N) is 1. The van der Waals surface area contributed by atoms with Gasteiger partial charge in [0.15, 0.2) is 5.13 Å². The Balaban J connectivity index is 1.58. The third kappa shape index (κ3) is 5.16. The summed E-state index contributed by atoms with van der Waals surface area (Å²) in [5.41, 5.74) is 2.48. The normalized spacial score (nSPS) is 14.9. The van der Waals surface area contributed by atoms with E-state index in [4.69, 9.17) is 0 Å². The Bertz CT molecular complexity index is 1190. The minimum atomic E-state index is -4.43. The van der Waals surface area contributed by atoms with Crippen LogP contribution in [0.3, 0.4) is 0 Å². The fourth-order valence-electron chi connectivity index (χ4n) is 3.77. The lowest BCUT2D eigenvalue weighted by atomic mass is 9.99. The van der Waals surface area contributed by atoms with Crippen LogP contribution >= 0.6 is 11.3 Å². The second kappa shape index (κ2) is 8.86. The Hall–Kier alpha value is -3.40. The first-order chi connectivity index (χ1) is 15.6. The van der Waals surface area contributed by atoms with Crippen LogP contribution in [0.5, 0.6) is 0 Å². The first-order valence-corrected chi connectivity index (χ1v) is 11.0. The zero-order chi connectivity index (χ0) is 23.8. The number of thiazole rings is 1. The van der Waals surface area contributed by atoms with E-state index in [9.17, 15) is 22.8 Å². The second-order valence-electron chi connectivity index (χ2n) is 7.86. The van der Waals surface area contributed by atoms with Crippen LogP contribution in [0, 0.1) is 0 Å². The predicted octanol–water partition coefficient (Wildman–Crippen LogP) is 5.00. The van der Waals surface area contributed by atoms with Crippen molar-refractivity contribution in [2.75, 3.05) is 10.6 Å². The lowest BCUT2D eigenvalue weighted by Crippen LogP contribution is -2.38. The van der Waals surface area contributed by atoms with Gasteiger partial charge in [0.2, 0.25) is 11.8 Å². The standard InChI is InChI=1S/C23H21F3N4O2S/c1-12(28-13(2)31)21(14-3-6-17(7-4-14)23(24,25)26)30-22-27-11-19(33-22)15-5-8-18-16(9-15)10-20(32)29-18/h3-9,11-12,21H,10H2,1-2H3,(H,27,30)(H,28,31)(H,29,32)/t12?,21-/m0/s1. The summed E-state index contributed by atoms with van der Waals surface area (Å²) in [5.74, 6) is -0.289. The maximum Gasteiger partial charge on any atom is 0.416 e. The molecule has 6 nitrogen and oxygen atoms in total. The highest BCUT2D eigenvalue weighted by atomic mass is 32.1. The van der Waals surface area contributed by atoms with Crippen LogP contribution < -0.4 is 16.0 Å². The first kappa shape index (κ1) is 22.8. The van der Waals surface area contributed by atoms with E-state index >= 15 is 0 Å². The van der Waals surface area contributed by atoms with E-state index in [1.165, 1.54) is 30.4 Å². The van der Waals surface area contributed by atoms with Crippen molar-refractivity contribution in [1.29, 1.82) is 0 Å². The number of hydrogen-bond donors (Lipinski definition) is 3. The SMILES string of the molecule is CC(=O)NC(C)[C@H](Nc1ncc(-c2ccc3c(c2)CC(=O)N3)s1)c1ccc(C(F)(F)F)cc1. The predicted molar refractivity (Wildman–Crippen MR) is 121 cm³/mol. The van der Waals surface area contributed by atoms with Crippen LogP contribution in [0.15, 0.2) is 48.7 Å². The van der Waals surface area contributed by atoms with Gasteiger partial charge in [-0.1, -0.05) is 29.5 Å².